The Morgan fingerprint density at radius 2 is 1.60 bits per heavy atom. The first-order valence-corrected chi connectivity index (χ1v) is 27.8. The lowest BCUT2D eigenvalue weighted by Gasteiger charge is -2.32. The third-order valence-corrected chi connectivity index (χ3v) is 13.9. The summed E-state index contributed by atoms with van der Waals surface area (Å²) in [4.78, 5) is 75.1. The molecule has 0 saturated carbocycles. The number of nitrogens with zero attached hydrogens (tertiary/aromatic N) is 5. The standard InChI is InChI=1S/C51H74BF2N9O13S/c1-8-13-36-29-38(15-12-25-63(4,5)6)60-42(36)32-43-37(14-9-2)30-39(61(43)52(60,53)54)17-18-48(65)58-41(34-77(71,72)73)51(68)57-21-11-10-16-47(64)56-23-27-76-46-33-44(62(69)70)40(31-45(46)74-7)35(3)55-22-26-75-28-24-59-49(66)19-20-50(59)67/h19-20,29-33,35,41,55H,8-18,21-28,34H2,1-7H3,(H3-,56,57,58,64,65,68,71,72,73)/p+1. The molecule has 0 spiro atoms. The molecule has 5 amide bonds. The Kier molecular flexibility index (Phi) is 22.2. The zero-order chi connectivity index (χ0) is 56.7. The molecule has 3 aliphatic heterocycles. The maximum Gasteiger partial charge on any atom is 0.737 e. The van der Waals surface area contributed by atoms with Crippen molar-refractivity contribution in [1.29, 1.82) is 0 Å². The summed E-state index contributed by atoms with van der Waals surface area (Å²) >= 11 is 0. The Morgan fingerprint density at radius 1 is 0.883 bits per heavy atom. The number of rotatable bonds is 34. The molecule has 5 N–H and O–H groups in total. The van der Waals surface area contributed by atoms with E-state index in [1.54, 1.807) is 13.0 Å². The van der Waals surface area contributed by atoms with Crippen LogP contribution in [0.15, 0.2) is 47.7 Å². The van der Waals surface area contributed by atoms with Gasteiger partial charge in [-0.05, 0) is 62.4 Å². The van der Waals surface area contributed by atoms with Crippen LogP contribution in [0, 0.1) is 10.1 Å². The van der Waals surface area contributed by atoms with E-state index in [1.165, 1.54) is 35.9 Å². The lowest BCUT2D eigenvalue weighted by atomic mass is 9.88. The number of fused-ring (bicyclic) bond motifs is 2. The summed E-state index contributed by atoms with van der Waals surface area (Å²) in [5.41, 5.74) is 3.33. The van der Waals surface area contributed by atoms with Gasteiger partial charge in [0.25, 0.3) is 27.6 Å². The van der Waals surface area contributed by atoms with E-state index in [2.05, 4.69) is 42.4 Å². The van der Waals surface area contributed by atoms with Gasteiger partial charge in [-0.3, -0.25) is 43.5 Å². The molecule has 0 saturated heterocycles. The minimum Gasteiger partial charge on any atom is -0.493 e. The second kappa shape index (κ2) is 27.8. The number of methoxy groups -OCH3 is 1. The molecule has 1 aromatic carbocycles. The lowest BCUT2D eigenvalue weighted by molar-refractivity contribution is -0.870. The van der Waals surface area contributed by atoms with Crippen molar-refractivity contribution in [2.45, 2.75) is 103 Å². The molecule has 22 nitrogen and oxygen atoms in total. The highest BCUT2D eigenvalue weighted by atomic mass is 32.2. The van der Waals surface area contributed by atoms with Gasteiger partial charge in [0.1, 0.15) is 24.1 Å². The summed E-state index contributed by atoms with van der Waals surface area (Å²) in [6.45, 7) is 2.77. The minimum atomic E-state index is -4.77. The summed E-state index contributed by atoms with van der Waals surface area (Å²) in [5.74, 6) is -3.72. The maximum atomic E-state index is 17.1. The van der Waals surface area contributed by atoms with Crippen LogP contribution >= 0.6 is 0 Å². The van der Waals surface area contributed by atoms with E-state index < -0.39 is 63.5 Å². The van der Waals surface area contributed by atoms with E-state index in [0.717, 1.165) is 33.5 Å². The summed E-state index contributed by atoms with van der Waals surface area (Å²) in [6, 6.07) is 2.39. The van der Waals surface area contributed by atoms with Crippen molar-refractivity contribution in [1.82, 2.24) is 30.6 Å². The van der Waals surface area contributed by atoms with Gasteiger partial charge in [0, 0.05) is 80.4 Å². The first-order valence-electron chi connectivity index (χ1n) is 26.1. The van der Waals surface area contributed by atoms with Crippen LogP contribution in [0.1, 0.15) is 107 Å². The number of unbranched alkanes of at least 4 members (excludes halogenated alkanes) is 1. The molecule has 3 aliphatic rings. The number of benzene rings is 1. The van der Waals surface area contributed by atoms with Crippen molar-refractivity contribution in [3.8, 4) is 11.5 Å². The van der Waals surface area contributed by atoms with Gasteiger partial charge in [0.2, 0.25) is 17.7 Å². The number of nitro groups is 1. The molecular weight excluding hydrogens is 1030 g/mol. The highest BCUT2D eigenvalue weighted by Crippen LogP contribution is 2.40. The molecule has 1 aromatic heterocycles. The van der Waals surface area contributed by atoms with Crippen molar-refractivity contribution in [3.05, 3.63) is 80.3 Å². The normalized spacial score (nSPS) is 15.7. The third kappa shape index (κ3) is 17.3. The van der Waals surface area contributed by atoms with Crippen LogP contribution in [0.3, 0.4) is 0 Å². The zero-order valence-corrected chi connectivity index (χ0v) is 46.0. The fraction of sp³-hybridized carbons (Fsp3) is 0.569. The van der Waals surface area contributed by atoms with Gasteiger partial charge >= 0.3 is 6.97 Å². The van der Waals surface area contributed by atoms with Crippen LogP contribution in [-0.2, 0) is 51.7 Å². The first kappa shape index (κ1) is 61.5. The molecule has 0 fully saturated rings. The number of imide groups is 1. The summed E-state index contributed by atoms with van der Waals surface area (Å²) in [6.07, 6.45) is 9.79. The molecule has 0 aliphatic carbocycles. The molecular formula is C51H75BF2N9O13S+. The zero-order valence-electron chi connectivity index (χ0n) is 45.2. The fourth-order valence-corrected chi connectivity index (χ4v) is 10.1. The van der Waals surface area contributed by atoms with Crippen LogP contribution in [-0.4, -0.2) is 171 Å². The van der Waals surface area contributed by atoms with Gasteiger partial charge in [-0.15, -0.1) is 0 Å². The molecule has 4 heterocycles. The van der Waals surface area contributed by atoms with E-state index in [9.17, 15) is 47.1 Å². The van der Waals surface area contributed by atoms with Crippen LogP contribution in [0.25, 0.3) is 6.08 Å². The monoisotopic (exact) mass is 1100 g/mol. The van der Waals surface area contributed by atoms with Gasteiger partial charge in [-0.2, -0.15) is 8.42 Å². The lowest BCUT2D eigenvalue weighted by Crippen LogP contribution is -2.52. The Labute approximate surface area is 448 Å². The molecule has 424 valence electrons. The number of amides is 5. The number of ether oxygens (including phenoxy) is 3. The van der Waals surface area contributed by atoms with E-state index in [0.29, 0.717) is 65.8 Å². The van der Waals surface area contributed by atoms with Gasteiger partial charge < -0.3 is 57.6 Å². The second-order valence-corrected chi connectivity index (χ2v) is 21.8. The fourth-order valence-electron chi connectivity index (χ4n) is 9.47. The number of nitro benzene ring substituents is 1. The number of hydrogen-bond donors (Lipinski definition) is 5. The number of aromatic nitrogens is 1. The van der Waals surface area contributed by atoms with Gasteiger partial charge in [0.15, 0.2) is 17.2 Å². The van der Waals surface area contributed by atoms with Crippen LogP contribution in [0.4, 0.5) is 14.3 Å². The minimum absolute atomic E-state index is 0.0182. The van der Waals surface area contributed by atoms with Gasteiger partial charge in [0.05, 0.1) is 77.7 Å². The Hall–Kier alpha value is -6.35. The predicted octanol–water partition coefficient (Wildman–Crippen LogP) is 3.99. The number of hydrogen-bond acceptors (Lipinski definition) is 13. The highest BCUT2D eigenvalue weighted by Gasteiger charge is 2.54. The summed E-state index contributed by atoms with van der Waals surface area (Å²) in [5, 5.41) is 22.8. The number of nitrogens with one attached hydrogen (secondary N) is 4. The topological polar surface area (TPSA) is 270 Å². The molecule has 26 heteroatoms. The van der Waals surface area contributed by atoms with E-state index in [-0.39, 0.29) is 100 Å². The summed E-state index contributed by atoms with van der Waals surface area (Å²) < 4.78 is 87.4. The van der Waals surface area contributed by atoms with E-state index in [1.807, 2.05) is 26.0 Å². The number of aryl methyl sites for hydroxylation is 2. The Bertz CT molecular complexity index is 2740. The van der Waals surface area contributed by atoms with Crippen molar-refractivity contribution in [2.24, 2.45) is 0 Å². The maximum absolute atomic E-state index is 17.1. The van der Waals surface area contributed by atoms with Crippen molar-refractivity contribution in [2.75, 3.05) is 86.6 Å². The number of carbonyl (C=O) groups excluding carboxylic acids is 5. The number of allylic oxidation sites excluding steroid dienone is 2. The average Bonchev–Trinajstić information content (AvgIpc) is 4.05. The molecule has 5 rings (SSSR count). The number of halogens is 2. The Morgan fingerprint density at radius 3 is 2.25 bits per heavy atom. The van der Waals surface area contributed by atoms with Crippen LogP contribution < -0.4 is 30.7 Å². The highest BCUT2D eigenvalue weighted by molar-refractivity contribution is 7.85. The molecule has 0 bridgehead atoms. The summed E-state index contributed by atoms with van der Waals surface area (Å²) in [7, 11) is 2.77. The molecule has 2 aromatic rings. The predicted molar refractivity (Wildman–Crippen MR) is 285 cm³/mol. The SMILES string of the molecule is CCCC1=CC(CCC(=O)NC(CS(=O)(=O)O)C(=O)NCCCCC(=O)NCCOc2cc([N+](=O)[O-])c(C(C)NCCOCCN3C(=O)C=CC3=O)cc2OC)=[N+]2C1=Cc1c(CCC)cc(CCC[N+](C)(C)C)n1[B-]2(F)F. The van der Waals surface area contributed by atoms with Gasteiger partial charge in [-0.1, -0.05) is 26.7 Å². The molecule has 2 unspecified atom stereocenters. The molecule has 77 heavy (non-hydrogen) atoms. The average molecular weight is 1100 g/mol. The third-order valence-electron chi connectivity index (χ3n) is 13.2. The van der Waals surface area contributed by atoms with Crippen molar-refractivity contribution in [3.63, 3.8) is 0 Å². The Balaban J connectivity index is 1.08. The molecule has 2 atom stereocenters. The smallest absolute Gasteiger partial charge is 0.493 e. The first-order chi connectivity index (χ1) is 36.4. The largest absolute Gasteiger partial charge is 0.737 e. The van der Waals surface area contributed by atoms with E-state index >= 15 is 8.63 Å². The van der Waals surface area contributed by atoms with Crippen molar-refractivity contribution >= 4 is 64.1 Å². The quantitative estimate of drug-likeness (QED) is 0.0126. The van der Waals surface area contributed by atoms with Gasteiger partial charge in [-0.25, -0.2) is 0 Å². The van der Waals surface area contributed by atoms with Crippen molar-refractivity contribution < 1.29 is 73.7 Å². The molecule has 0 radical (unpaired) electrons. The second-order valence-electron chi connectivity index (χ2n) is 20.3. The van der Waals surface area contributed by atoms with Crippen LogP contribution in [0.2, 0.25) is 0 Å². The van der Waals surface area contributed by atoms with E-state index in [4.69, 9.17) is 14.2 Å². The number of carbonyl (C=O) groups is 5. The number of quaternary nitrogens is 1. The van der Waals surface area contributed by atoms with Crippen LogP contribution in [0.5, 0.6) is 11.5 Å².